The molecule has 0 saturated carbocycles. The van der Waals surface area contributed by atoms with E-state index in [9.17, 15) is 20.4 Å². The first-order valence-corrected chi connectivity index (χ1v) is 47.8. The van der Waals surface area contributed by atoms with Crippen molar-refractivity contribution in [1.82, 2.24) is 0 Å². The molecule has 0 radical (unpaired) electrons. The van der Waals surface area contributed by atoms with Gasteiger partial charge in [-0.25, -0.2) is 0 Å². The van der Waals surface area contributed by atoms with Gasteiger partial charge >= 0.3 is 0 Å². The number of fused-ring (bicyclic) bond motifs is 4. The molecule has 0 spiro atoms. The van der Waals surface area contributed by atoms with Gasteiger partial charge in [0.15, 0.2) is 0 Å². The van der Waals surface area contributed by atoms with Crippen LogP contribution in [0, 0.1) is 0 Å². The first-order valence-electron chi connectivity index (χ1n) is 47.8. The smallest absolute Gasteiger partial charge is 0.139 e. The van der Waals surface area contributed by atoms with Crippen molar-refractivity contribution in [2.75, 3.05) is 9.80 Å². The fourth-order valence-electron chi connectivity index (χ4n) is 25.0. The van der Waals surface area contributed by atoms with Crippen LogP contribution in [-0.2, 0) is 43.3 Å². The first kappa shape index (κ1) is 87.4. The number of unbranched alkanes of at least 4 members (excludes halogenated alkanes) is 8. The molecule has 10 aromatic rings. The van der Waals surface area contributed by atoms with E-state index in [-0.39, 0.29) is 88.6 Å². The highest BCUT2D eigenvalue weighted by Crippen LogP contribution is 2.63. The molecule has 0 aromatic heterocycles. The second-order valence-corrected chi connectivity index (χ2v) is 40.8. The Hall–Kier alpha value is -9.52. The number of rotatable bonds is 36. The summed E-state index contributed by atoms with van der Waals surface area (Å²) in [6.07, 6.45) is 33.6. The lowest BCUT2D eigenvalue weighted by atomic mass is 9.70. The zero-order valence-corrected chi connectivity index (χ0v) is 77.1. The quantitative estimate of drug-likeness (QED) is 0.0313. The Morgan fingerprint density at radius 1 is 0.238 bits per heavy atom. The fourth-order valence-corrected chi connectivity index (χ4v) is 25.0. The number of benzene rings is 10. The molecule has 10 aromatic carbocycles. The molecule has 4 N–H and O–H groups in total. The largest absolute Gasteiger partial charge is 0.507 e. The maximum absolute atomic E-state index is 12.6. The van der Waals surface area contributed by atoms with E-state index in [1.807, 2.05) is 12.1 Å². The van der Waals surface area contributed by atoms with Gasteiger partial charge in [0.25, 0.3) is 0 Å². The van der Waals surface area contributed by atoms with Crippen molar-refractivity contribution in [3.63, 3.8) is 0 Å². The lowest BCUT2D eigenvalue weighted by molar-refractivity contribution is 0.293. The van der Waals surface area contributed by atoms with Gasteiger partial charge in [-0.05, 0) is 282 Å². The van der Waals surface area contributed by atoms with Crippen molar-refractivity contribution in [2.45, 2.75) is 334 Å². The molecule has 5 aliphatic rings. The summed E-state index contributed by atoms with van der Waals surface area (Å²) in [4.78, 5) is 4.43. The average Bonchev–Trinajstić information content (AvgIpc) is 1.63. The molecule has 0 bridgehead atoms. The molecule has 0 saturated heterocycles. The molecule has 0 aliphatic heterocycles. The van der Waals surface area contributed by atoms with E-state index in [2.05, 4.69) is 290 Å². The lowest BCUT2D eigenvalue weighted by Gasteiger charge is -2.34. The van der Waals surface area contributed by atoms with Crippen LogP contribution < -0.4 is 9.80 Å². The van der Waals surface area contributed by atoms with Crippen LogP contribution in [-0.4, -0.2) is 20.4 Å². The summed E-state index contributed by atoms with van der Waals surface area (Å²) in [6.45, 7) is 38.3. The molecule has 0 unspecified atom stereocenters. The van der Waals surface area contributed by atoms with Gasteiger partial charge in [0.1, 0.15) is 23.0 Å². The van der Waals surface area contributed by atoms with Gasteiger partial charge in [-0.1, -0.05) is 335 Å². The van der Waals surface area contributed by atoms with Gasteiger partial charge in [-0.15, -0.1) is 0 Å². The Kier molecular flexibility index (Phi) is 25.2. The monoisotopic (exact) mass is 1630 g/mol. The molecule has 0 amide bonds. The lowest BCUT2D eigenvalue weighted by Crippen LogP contribution is -2.26. The van der Waals surface area contributed by atoms with Gasteiger partial charge in [0, 0.05) is 57.4 Å². The highest BCUT2D eigenvalue weighted by Gasteiger charge is 2.52. The van der Waals surface area contributed by atoms with E-state index in [0.29, 0.717) is 11.4 Å². The third kappa shape index (κ3) is 15.9. The minimum atomic E-state index is -0.209. The maximum atomic E-state index is 12.6. The van der Waals surface area contributed by atoms with E-state index in [4.69, 9.17) is 0 Å². The van der Waals surface area contributed by atoms with Gasteiger partial charge < -0.3 is 30.2 Å². The molecular weight excluding hydrogens is 1490 g/mol. The van der Waals surface area contributed by atoms with Crippen molar-refractivity contribution < 1.29 is 20.4 Å². The third-order valence-corrected chi connectivity index (χ3v) is 30.2. The summed E-state index contributed by atoms with van der Waals surface area (Å²) in [5.74, 6) is -0.623. The van der Waals surface area contributed by atoms with Crippen molar-refractivity contribution in [3.8, 4) is 56.0 Å². The van der Waals surface area contributed by atoms with Crippen LogP contribution in [0.25, 0.3) is 55.7 Å². The predicted molar refractivity (Wildman–Crippen MR) is 520 cm³/mol. The normalized spacial score (nSPS) is 17.4. The highest BCUT2D eigenvalue weighted by atomic mass is 16.3. The molecule has 0 heterocycles. The summed E-state index contributed by atoms with van der Waals surface area (Å²) >= 11 is 0. The SMILES string of the molecule is CCCCC1(CCCC)CC(C)(C)c2c(-c3ccc(N(c4ccc(-c5cccc6c5C(C)(C)CC6(CCCC)CCCC)cc4)c4ccc(C5=C(O)C(c6ccc(N(c7ccc(-c8cccc9c8C(C)(C)CC9(CCCC)CCCC)cc7)c7ccc(-c8cccc9c8C(CCCC)(CCCC)CC9(C)C)cc7)cc6O)=C5O)c(O)c4)cc3)cccc21. The van der Waals surface area contributed by atoms with Crippen LogP contribution in [0.4, 0.5) is 34.1 Å². The van der Waals surface area contributed by atoms with Crippen molar-refractivity contribution in [1.29, 1.82) is 0 Å². The molecular formula is C116H142N2O4. The maximum Gasteiger partial charge on any atom is 0.139 e. The number of phenolic OH excluding ortho intramolecular Hbond substituents is 2. The number of hydrogen-bond acceptors (Lipinski definition) is 6. The van der Waals surface area contributed by atoms with E-state index >= 15 is 0 Å². The van der Waals surface area contributed by atoms with Crippen LogP contribution in [0.15, 0.2) is 218 Å². The van der Waals surface area contributed by atoms with Crippen LogP contribution in [0.1, 0.15) is 346 Å². The van der Waals surface area contributed by atoms with Crippen LogP contribution >= 0.6 is 0 Å². The number of aliphatic hydroxyl groups is 2. The standard InChI is InChI=1S/C116H142N2O4/c1-17-25-65-113(66-26-18-2)76-110(11,12)103-89(37-34-42-96(103)113)79-45-53-83(54-46-79)117(84-55-47-80(48-56-84)90-38-35-43-97-104(90)111(13,14)77-114(97,67-27-19-3)68-28-20-4)87-61-63-93(99(119)73-87)101-107(121)102(108(101)122)94-64-62-88(74-100(94)120)118(85-57-49-81(50-58-85)91-39-36-44-98-105(91)112(15,16)78-115(98,69-29-21-5)70-30-22-6)86-59-51-82(52-60-86)92-40-33-41-95-106(92)116(71-31-23-7,72-32-24-8)75-109(95,9)10/h33-64,73-74,119-122H,17-32,65-72,75-78H2,1-16H3. The van der Waals surface area contributed by atoms with Gasteiger partial charge in [-0.2, -0.15) is 0 Å². The minimum absolute atomic E-state index is 0.000514. The topological polar surface area (TPSA) is 87.4 Å². The number of allylic oxidation sites excluding steroid dienone is 2. The van der Waals surface area contributed by atoms with E-state index in [1.165, 1.54) is 232 Å². The first-order chi connectivity index (χ1) is 58.7. The Morgan fingerprint density at radius 3 is 0.721 bits per heavy atom. The Bertz CT molecular complexity index is 5300. The molecule has 640 valence electrons. The zero-order valence-electron chi connectivity index (χ0n) is 77.1. The number of phenols is 2. The predicted octanol–water partition coefficient (Wildman–Crippen LogP) is 34.2. The summed E-state index contributed by atoms with van der Waals surface area (Å²) in [6, 6.07) is 75.5. The molecule has 6 heteroatoms. The van der Waals surface area contributed by atoms with Crippen molar-refractivity contribution >= 4 is 45.3 Å². The minimum Gasteiger partial charge on any atom is -0.507 e. The molecule has 0 atom stereocenters. The highest BCUT2D eigenvalue weighted by molar-refractivity contribution is 6.08. The van der Waals surface area contributed by atoms with Gasteiger partial charge in [0.05, 0.1) is 11.1 Å². The van der Waals surface area contributed by atoms with E-state index in [0.717, 1.165) is 48.4 Å². The average molecular weight is 1630 g/mol. The summed E-state index contributed by atoms with van der Waals surface area (Å²) < 4.78 is 0. The van der Waals surface area contributed by atoms with Crippen LogP contribution in [0.5, 0.6) is 11.5 Å². The van der Waals surface area contributed by atoms with Crippen LogP contribution in [0.3, 0.4) is 0 Å². The Morgan fingerprint density at radius 2 is 0.467 bits per heavy atom. The number of aromatic hydroxyl groups is 2. The second-order valence-electron chi connectivity index (χ2n) is 40.8. The summed E-state index contributed by atoms with van der Waals surface area (Å²) in [7, 11) is 0. The van der Waals surface area contributed by atoms with Crippen molar-refractivity contribution in [2.24, 2.45) is 0 Å². The molecule has 5 aliphatic carbocycles. The second kappa shape index (κ2) is 35.2. The van der Waals surface area contributed by atoms with Gasteiger partial charge in [-0.3, -0.25) is 0 Å². The molecule has 0 fully saturated rings. The number of hydrogen-bond donors (Lipinski definition) is 4. The van der Waals surface area contributed by atoms with Crippen LogP contribution in [0.2, 0.25) is 0 Å². The summed E-state index contributed by atoms with van der Waals surface area (Å²) in [5.41, 5.74) is 28.7. The summed E-state index contributed by atoms with van der Waals surface area (Å²) in [5, 5.41) is 50.1. The van der Waals surface area contributed by atoms with E-state index < -0.39 is 0 Å². The molecule has 122 heavy (non-hydrogen) atoms. The Balaban J connectivity index is 0.784. The van der Waals surface area contributed by atoms with E-state index in [1.54, 1.807) is 35.4 Å². The fraction of sp³-hybridized carbons (Fsp3) is 0.448. The Labute approximate surface area is 734 Å². The van der Waals surface area contributed by atoms with Gasteiger partial charge in [0.2, 0.25) is 0 Å². The number of nitrogens with zero attached hydrogens (tertiary/aromatic N) is 2. The molecule has 6 nitrogen and oxygen atoms in total. The third-order valence-electron chi connectivity index (χ3n) is 30.2. The number of anilines is 6. The zero-order chi connectivity index (χ0) is 86.3. The molecule has 15 rings (SSSR count). The number of aliphatic hydroxyl groups excluding tert-OH is 2. The van der Waals surface area contributed by atoms with Crippen molar-refractivity contribution in [3.05, 3.63) is 273 Å².